The highest BCUT2D eigenvalue weighted by Crippen LogP contribution is 2.22. The van der Waals surface area contributed by atoms with E-state index in [2.05, 4.69) is 5.32 Å². The van der Waals surface area contributed by atoms with Crippen LogP contribution in [0.15, 0.2) is 48.5 Å². The van der Waals surface area contributed by atoms with Gasteiger partial charge >= 0.3 is 0 Å². The number of benzene rings is 2. The monoisotopic (exact) mass is 363 g/mol. The summed E-state index contributed by atoms with van der Waals surface area (Å²) in [6.07, 6.45) is 0.913. The zero-order valence-corrected chi connectivity index (χ0v) is 14.5. The molecule has 0 saturated heterocycles. The van der Waals surface area contributed by atoms with Gasteiger partial charge in [-0.3, -0.25) is 19.2 Å². The predicted molar refractivity (Wildman–Crippen MR) is 95.1 cm³/mol. The predicted octanol–water partition coefficient (Wildman–Crippen LogP) is 2.17. The third-order valence-corrected chi connectivity index (χ3v) is 4.74. The van der Waals surface area contributed by atoms with Crippen molar-refractivity contribution in [2.24, 2.45) is 0 Å². The Bertz CT molecular complexity index is 911. The molecule has 2 aromatic carbocycles. The van der Waals surface area contributed by atoms with E-state index in [4.69, 9.17) is 0 Å². The van der Waals surface area contributed by atoms with Gasteiger partial charge < -0.3 is 5.32 Å². The number of nitrogens with zero attached hydrogens (tertiary/aromatic N) is 2. The maximum absolute atomic E-state index is 12.2. The number of sulfonamides is 1. The summed E-state index contributed by atoms with van der Waals surface area (Å²) < 4.78 is 24.3. The van der Waals surface area contributed by atoms with Crippen molar-refractivity contribution >= 4 is 33.0 Å². The lowest BCUT2D eigenvalue weighted by atomic mass is 10.1. The van der Waals surface area contributed by atoms with Crippen molar-refractivity contribution in [3.63, 3.8) is 0 Å². The average Bonchev–Trinajstić information content (AvgIpc) is 2.53. The van der Waals surface area contributed by atoms with Gasteiger partial charge in [0.2, 0.25) is 15.9 Å². The van der Waals surface area contributed by atoms with E-state index in [1.54, 1.807) is 24.3 Å². The molecule has 0 spiro atoms. The van der Waals surface area contributed by atoms with Crippen LogP contribution in [0.4, 0.5) is 17.1 Å². The minimum Gasteiger partial charge on any atom is -0.326 e. The molecule has 0 bridgehead atoms. The number of amides is 1. The number of rotatable bonds is 6. The largest absolute Gasteiger partial charge is 0.326 e. The van der Waals surface area contributed by atoms with E-state index in [0.717, 1.165) is 10.6 Å². The maximum Gasteiger partial charge on any atom is 0.273 e. The summed E-state index contributed by atoms with van der Waals surface area (Å²) in [5.41, 5.74) is 0.972. The van der Waals surface area contributed by atoms with E-state index < -0.39 is 20.9 Å². The molecular formula is C16H17N3O5S. The van der Waals surface area contributed by atoms with Gasteiger partial charge in [0, 0.05) is 24.4 Å². The zero-order chi connectivity index (χ0) is 18.6. The molecular weight excluding hydrogens is 346 g/mol. The summed E-state index contributed by atoms with van der Waals surface area (Å²) in [4.78, 5) is 22.6. The molecule has 0 unspecified atom stereocenters. The lowest BCUT2D eigenvalue weighted by Gasteiger charge is -2.17. The first-order chi connectivity index (χ1) is 11.7. The second kappa shape index (κ2) is 7.31. The van der Waals surface area contributed by atoms with E-state index in [0.29, 0.717) is 16.9 Å². The quantitative estimate of drug-likeness (QED) is 0.625. The van der Waals surface area contributed by atoms with Crippen molar-refractivity contribution in [2.75, 3.05) is 22.9 Å². The zero-order valence-electron chi connectivity index (χ0n) is 13.7. The molecule has 0 aliphatic carbocycles. The van der Waals surface area contributed by atoms with Crippen molar-refractivity contribution < 1.29 is 18.1 Å². The van der Waals surface area contributed by atoms with Crippen molar-refractivity contribution in [2.45, 2.75) is 6.42 Å². The fourth-order valence-electron chi connectivity index (χ4n) is 2.19. The van der Waals surface area contributed by atoms with Crippen LogP contribution in [-0.4, -0.2) is 32.6 Å². The van der Waals surface area contributed by atoms with Crippen LogP contribution in [0.25, 0.3) is 0 Å². The first-order valence-electron chi connectivity index (χ1n) is 7.24. The number of hydrogen-bond acceptors (Lipinski definition) is 5. The van der Waals surface area contributed by atoms with Gasteiger partial charge in [-0.1, -0.05) is 24.3 Å². The van der Waals surface area contributed by atoms with Crippen molar-refractivity contribution in [1.29, 1.82) is 0 Å². The van der Waals surface area contributed by atoms with Crippen LogP contribution >= 0.6 is 0 Å². The number of para-hydroxylation sites is 1. The molecule has 9 heteroatoms. The Hall–Kier alpha value is -2.94. The fourth-order valence-corrected chi connectivity index (χ4v) is 2.68. The van der Waals surface area contributed by atoms with E-state index in [9.17, 15) is 23.3 Å². The number of nitrogens with one attached hydrogen (secondary N) is 1. The summed E-state index contributed by atoms with van der Waals surface area (Å²) in [6.45, 7) is 0. The minimum atomic E-state index is -3.42. The third-order valence-electron chi connectivity index (χ3n) is 3.53. The SMILES string of the molecule is CN(c1cccc(NC(=O)Cc2ccccc2[N+](=O)[O-])c1)S(C)(=O)=O. The van der Waals surface area contributed by atoms with Gasteiger partial charge in [0.15, 0.2) is 0 Å². The molecule has 0 aliphatic heterocycles. The van der Waals surface area contributed by atoms with Crippen LogP contribution in [0.3, 0.4) is 0 Å². The van der Waals surface area contributed by atoms with Gasteiger partial charge in [0.1, 0.15) is 0 Å². The summed E-state index contributed by atoms with van der Waals surface area (Å²) in [5.74, 6) is -0.437. The highest BCUT2D eigenvalue weighted by Gasteiger charge is 2.16. The topological polar surface area (TPSA) is 110 Å². The third kappa shape index (κ3) is 4.77. The molecule has 2 aromatic rings. The van der Waals surface area contributed by atoms with Crippen molar-refractivity contribution in [1.82, 2.24) is 0 Å². The van der Waals surface area contributed by atoms with Crippen LogP contribution in [0.2, 0.25) is 0 Å². The number of carbonyl (C=O) groups excluding carboxylic acids is 1. The van der Waals surface area contributed by atoms with Gasteiger partial charge in [-0.25, -0.2) is 8.42 Å². The highest BCUT2D eigenvalue weighted by molar-refractivity contribution is 7.92. The molecule has 0 radical (unpaired) electrons. The molecule has 0 saturated carbocycles. The molecule has 1 amide bonds. The van der Waals surface area contributed by atoms with Crippen molar-refractivity contribution in [3.05, 3.63) is 64.2 Å². The Morgan fingerprint density at radius 2 is 1.88 bits per heavy atom. The first kappa shape index (κ1) is 18.4. The average molecular weight is 363 g/mol. The van der Waals surface area contributed by atoms with E-state index in [-0.39, 0.29) is 12.1 Å². The molecule has 0 fully saturated rings. The second-order valence-corrected chi connectivity index (χ2v) is 7.41. The maximum atomic E-state index is 12.2. The summed E-state index contributed by atoms with van der Waals surface area (Å²) >= 11 is 0. The van der Waals surface area contributed by atoms with Crippen LogP contribution in [-0.2, 0) is 21.2 Å². The normalized spacial score (nSPS) is 11.0. The second-order valence-electron chi connectivity index (χ2n) is 5.39. The summed E-state index contributed by atoms with van der Waals surface area (Å²) in [7, 11) is -2.01. The number of anilines is 2. The lowest BCUT2D eigenvalue weighted by Crippen LogP contribution is -2.25. The first-order valence-corrected chi connectivity index (χ1v) is 9.09. The van der Waals surface area contributed by atoms with E-state index >= 15 is 0 Å². The van der Waals surface area contributed by atoms with Gasteiger partial charge in [0.25, 0.3) is 5.69 Å². The number of nitro groups is 1. The Morgan fingerprint density at radius 1 is 1.20 bits per heavy atom. The molecule has 8 nitrogen and oxygen atoms in total. The summed E-state index contributed by atoms with van der Waals surface area (Å²) in [6, 6.07) is 12.3. The molecule has 1 N–H and O–H groups in total. The lowest BCUT2D eigenvalue weighted by molar-refractivity contribution is -0.385. The van der Waals surface area contributed by atoms with Crippen LogP contribution < -0.4 is 9.62 Å². The molecule has 0 heterocycles. The van der Waals surface area contributed by atoms with Gasteiger partial charge in [0.05, 0.1) is 23.3 Å². The molecule has 25 heavy (non-hydrogen) atoms. The fraction of sp³-hybridized carbons (Fsp3) is 0.188. The molecule has 0 aliphatic rings. The molecule has 0 aromatic heterocycles. The van der Waals surface area contributed by atoms with Crippen molar-refractivity contribution in [3.8, 4) is 0 Å². The van der Waals surface area contributed by atoms with Crippen LogP contribution in [0.5, 0.6) is 0 Å². The highest BCUT2D eigenvalue weighted by atomic mass is 32.2. The molecule has 2 rings (SSSR count). The Labute approximate surface area is 145 Å². The van der Waals surface area contributed by atoms with Gasteiger partial charge in [-0.05, 0) is 18.2 Å². The number of hydrogen-bond donors (Lipinski definition) is 1. The van der Waals surface area contributed by atoms with E-state index in [1.165, 1.54) is 31.3 Å². The minimum absolute atomic E-state index is 0.122. The van der Waals surface area contributed by atoms with E-state index in [1.807, 2.05) is 0 Å². The Kier molecular flexibility index (Phi) is 5.38. The van der Waals surface area contributed by atoms with Gasteiger partial charge in [-0.2, -0.15) is 0 Å². The molecule has 0 atom stereocenters. The summed E-state index contributed by atoms with van der Waals surface area (Å²) in [5, 5.41) is 13.6. The number of carbonyl (C=O) groups is 1. The van der Waals surface area contributed by atoms with Gasteiger partial charge in [-0.15, -0.1) is 0 Å². The number of nitro benzene ring substituents is 1. The standard InChI is InChI=1S/C16H17N3O5S/c1-18(25(2,23)24)14-8-5-7-13(11-14)17-16(20)10-12-6-3-4-9-15(12)19(21)22/h3-9,11H,10H2,1-2H3,(H,17,20). The van der Waals surface area contributed by atoms with Crippen LogP contribution in [0, 0.1) is 10.1 Å². The Balaban J connectivity index is 2.16. The Morgan fingerprint density at radius 3 is 2.52 bits per heavy atom. The van der Waals surface area contributed by atoms with Crippen LogP contribution in [0.1, 0.15) is 5.56 Å². The smallest absolute Gasteiger partial charge is 0.273 e. The molecule has 132 valence electrons.